The molecule has 0 aliphatic rings. The van der Waals surface area contributed by atoms with E-state index < -0.39 is 18.4 Å². The summed E-state index contributed by atoms with van der Waals surface area (Å²) in [5.41, 5.74) is 3.61. The van der Waals surface area contributed by atoms with Gasteiger partial charge < -0.3 is 0 Å². The van der Waals surface area contributed by atoms with Crippen molar-refractivity contribution < 1.29 is 0 Å². The average molecular weight is 485 g/mol. The van der Waals surface area contributed by atoms with Crippen molar-refractivity contribution >= 4 is 32.6 Å². The van der Waals surface area contributed by atoms with Crippen LogP contribution < -0.4 is 2.89 Å². The Balaban J connectivity index is 2.64. The first kappa shape index (κ1) is 24.5. The van der Waals surface area contributed by atoms with Gasteiger partial charge in [-0.3, -0.25) is 0 Å². The molecule has 0 unspecified atom stereocenters. The van der Waals surface area contributed by atoms with Crippen LogP contribution in [-0.2, 0) is 12.8 Å². The number of aryl methyl sites for hydroxylation is 1. The van der Waals surface area contributed by atoms with Gasteiger partial charge in [-0.1, -0.05) is 0 Å². The van der Waals surface area contributed by atoms with Crippen molar-refractivity contribution in [3.05, 3.63) is 16.0 Å². The predicted octanol–water partition coefficient (Wildman–Crippen LogP) is 8.41. The summed E-state index contributed by atoms with van der Waals surface area (Å²) in [5.74, 6) is 0. The van der Waals surface area contributed by atoms with E-state index in [0.29, 0.717) is 0 Å². The second-order valence-electron chi connectivity index (χ2n) is 9.23. The quantitative estimate of drug-likeness (QED) is 0.173. The Morgan fingerprint density at radius 3 is 1.50 bits per heavy atom. The molecule has 0 spiro atoms. The van der Waals surface area contributed by atoms with Gasteiger partial charge in [0.25, 0.3) is 0 Å². The molecule has 152 valence electrons. The van der Waals surface area contributed by atoms with Gasteiger partial charge >= 0.3 is 174 Å². The first-order valence-corrected chi connectivity index (χ1v) is 22.3. The van der Waals surface area contributed by atoms with E-state index in [4.69, 9.17) is 0 Å². The predicted molar refractivity (Wildman–Crippen MR) is 126 cm³/mol. The van der Waals surface area contributed by atoms with Crippen LogP contribution in [0.25, 0.3) is 0 Å². The molecule has 1 heterocycles. The van der Waals surface area contributed by atoms with Gasteiger partial charge in [0.2, 0.25) is 0 Å². The first-order valence-electron chi connectivity index (χ1n) is 11.5. The molecule has 1 aromatic rings. The number of hydrogen-bond donors (Lipinski definition) is 0. The molecular weight excluding hydrogens is 439 g/mol. The molecule has 0 fully saturated rings. The molecule has 0 saturated heterocycles. The van der Waals surface area contributed by atoms with Crippen molar-refractivity contribution in [3.63, 3.8) is 0 Å². The molecule has 0 saturated carbocycles. The number of thiophene rings is 1. The summed E-state index contributed by atoms with van der Waals surface area (Å²) in [7, 11) is 0. The summed E-state index contributed by atoms with van der Waals surface area (Å²) in [4.78, 5) is 9.48. The molecule has 0 nitrogen and oxygen atoms in total. The van der Waals surface area contributed by atoms with E-state index >= 15 is 0 Å². The molecule has 1 rings (SSSR count). The van der Waals surface area contributed by atoms with Gasteiger partial charge in [-0.05, 0) is 0 Å². The standard InChI is InChI=1S/C21H37S.3CH3.Sn/c1-4-6-8-10-12-14-16-20-18-22-19(3)21(20)17-15-13-11-9-7-5-2;;;;/h4-17H2,1-3H3;3*1H3;. The van der Waals surface area contributed by atoms with Crippen molar-refractivity contribution in [2.75, 3.05) is 0 Å². The van der Waals surface area contributed by atoms with E-state index in [-0.39, 0.29) is 0 Å². The van der Waals surface area contributed by atoms with Crippen LogP contribution in [0.4, 0.5) is 0 Å². The molecule has 0 atom stereocenters. The maximum atomic E-state index is 2.61. The van der Waals surface area contributed by atoms with Crippen molar-refractivity contribution in [2.45, 2.75) is 125 Å². The Labute approximate surface area is 173 Å². The zero-order valence-electron chi connectivity index (χ0n) is 18.8. The zero-order chi connectivity index (χ0) is 19.4. The van der Waals surface area contributed by atoms with Crippen LogP contribution in [-0.4, -0.2) is 18.4 Å². The average Bonchev–Trinajstić information content (AvgIpc) is 2.90. The Hall–Kier alpha value is 0.499. The summed E-state index contributed by atoms with van der Waals surface area (Å²) in [6.45, 7) is 7.03. The topological polar surface area (TPSA) is 0 Å². The van der Waals surface area contributed by atoms with Crippen LogP contribution in [0.1, 0.15) is 107 Å². The fourth-order valence-corrected chi connectivity index (χ4v) is 12.6. The van der Waals surface area contributed by atoms with Gasteiger partial charge in [0.05, 0.1) is 0 Å². The third kappa shape index (κ3) is 9.13. The molecule has 0 aliphatic carbocycles. The summed E-state index contributed by atoms with van der Waals surface area (Å²) >= 11 is 0.194. The van der Waals surface area contributed by atoms with Crippen LogP contribution in [0.2, 0.25) is 14.8 Å². The van der Waals surface area contributed by atoms with Crippen molar-refractivity contribution in [1.29, 1.82) is 0 Å². The van der Waals surface area contributed by atoms with E-state index in [1.165, 1.54) is 89.9 Å². The van der Waals surface area contributed by atoms with Gasteiger partial charge in [0.15, 0.2) is 0 Å². The van der Waals surface area contributed by atoms with Gasteiger partial charge in [0, 0.05) is 0 Å². The van der Waals surface area contributed by atoms with Crippen LogP contribution >= 0.6 is 11.3 Å². The minimum absolute atomic E-state index is 1.35. The molecule has 2 heteroatoms. The molecule has 0 bridgehead atoms. The van der Waals surface area contributed by atoms with Gasteiger partial charge in [-0.15, -0.1) is 0 Å². The van der Waals surface area contributed by atoms with E-state index in [0.717, 1.165) is 0 Å². The van der Waals surface area contributed by atoms with Crippen molar-refractivity contribution in [3.8, 4) is 0 Å². The Morgan fingerprint density at radius 2 is 1.04 bits per heavy atom. The maximum absolute atomic E-state index is 2.61. The van der Waals surface area contributed by atoms with E-state index in [1.54, 1.807) is 10.4 Å². The van der Waals surface area contributed by atoms with Crippen LogP contribution in [0, 0.1) is 6.92 Å². The minimum atomic E-state index is -1.99. The van der Waals surface area contributed by atoms with Gasteiger partial charge in [-0.2, -0.15) is 0 Å². The fraction of sp³-hybridized carbons (Fsp3) is 0.833. The normalized spacial score (nSPS) is 12.1. The fourth-order valence-electron chi connectivity index (χ4n) is 3.99. The summed E-state index contributed by atoms with van der Waals surface area (Å²) in [5, 5.41) is 0. The molecule has 0 amide bonds. The SMILES string of the molecule is CCCCCCCCc1c(C)s[c]([Sn]([CH3])([CH3])[CH3])c1CCCCCCCC. The second kappa shape index (κ2) is 13.6. The molecule has 0 aliphatic heterocycles. The van der Waals surface area contributed by atoms with Crippen LogP contribution in [0.15, 0.2) is 0 Å². The van der Waals surface area contributed by atoms with E-state index in [1.807, 2.05) is 8.46 Å². The van der Waals surface area contributed by atoms with E-state index in [2.05, 4.69) is 46.9 Å². The number of rotatable bonds is 15. The molecule has 0 N–H and O–H groups in total. The molecule has 0 aromatic carbocycles. The van der Waals surface area contributed by atoms with Crippen LogP contribution in [0.5, 0.6) is 0 Å². The van der Waals surface area contributed by atoms with Crippen molar-refractivity contribution in [1.82, 2.24) is 0 Å². The first-order chi connectivity index (χ1) is 12.4. The Bertz CT molecular complexity index is 481. The summed E-state index contributed by atoms with van der Waals surface area (Å²) < 4.78 is 1.88. The number of unbranched alkanes of at least 4 members (excludes halogenated alkanes) is 10. The van der Waals surface area contributed by atoms with Crippen molar-refractivity contribution in [2.24, 2.45) is 0 Å². The monoisotopic (exact) mass is 486 g/mol. The third-order valence-corrected chi connectivity index (χ3v) is 16.3. The van der Waals surface area contributed by atoms with Gasteiger partial charge in [-0.25, -0.2) is 0 Å². The van der Waals surface area contributed by atoms with Gasteiger partial charge in [0.1, 0.15) is 0 Å². The second-order valence-corrected chi connectivity index (χ2v) is 25.8. The third-order valence-electron chi connectivity index (χ3n) is 5.56. The molecule has 1 aromatic heterocycles. The molecule has 26 heavy (non-hydrogen) atoms. The summed E-state index contributed by atoms with van der Waals surface area (Å²) in [6, 6.07) is 0. The Kier molecular flexibility index (Phi) is 12.9. The summed E-state index contributed by atoms with van der Waals surface area (Å²) in [6.07, 6.45) is 19.7. The zero-order valence-corrected chi connectivity index (χ0v) is 22.5. The molecular formula is C24H46SSn. The number of hydrogen-bond acceptors (Lipinski definition) is 1. The van der Waals surface area contributed by atoms with E-state index in [9.17, 15) is 0 Å². The molecule has 0 radical (unpaired) electrons. The Morgan fingerprint density at radius 1 is 0.615 bits per heavy atom. The van der Waals surface area contributed by atoms with Crippen LogP contribution in [0.3, 0.4) is 0 Å².